The molecule has 2 aliphatic rings. The van der Waals surface area contributed by atoms with Crippen molar-refractivity contribution in [3.63, 3.8) is 0 Å². The Morgan fingerprint density at radius 1 is 1.17 bits per heavy atom. The molecule has 1 fully saturated rings. The first-order valence-electron chi connectivity index (χ1n) is 11.6. The van der Waals surface area contributed by atoms with Gasteiger partial charge >= 0.3 is 12.1 Å². The van der Waals surface area contributed by atoms with Crippen LogP contribution >= 0.6 is 11.6 Å². The first-order valence-corrected chi connectivity index (χ1v) is 12.0. The Bertz CT molecular complexity index is 1100. The molecule has 1 aromatic heterocycles. The number of rotatable bonds is 5. The Kier molecular flexibility index (Phi) is 7.05. The van der Waals surface area contributed by atoms with Gasteiger partial charge in [0.2, 0.25) is 0 Å². The number of nitrogens with zero attached hydrogens (tertiary/aromatic N) is 2. The first kappa shape index (κ1) is 25.7. The van der Waals surface area contributed by atoms with Crippen LogP contribution in [0.15, 0.2) is 30.3 Å². The third-order valence-corrected chi connectivity index (χ3v) is 7.61. The lowest BCUT2D eigenvalue weighted by Gasteiger charge is -2.46. The maximum atomic E-state index is 13.1. The van der Waals surface area contributed by atoms with Crippen molar-refractivity contribution >= 4 is 17.6 Å². The van der Waals surface area contributed by atoms with Crippen molar-refractivity contribution in [3.8, 4) is 5.75 Å². The molecule has 1 aromatic carbocycles. The van der Waals surface area contributed by atoms with E-state index in [4.69, 9.17) is 16.3 Å². The van der Waals surface area contributed by atoms with Crippen LogP contribution in [0.4, 0.5) is 13.2 Å². The third-order valence-electron chi connectivity index (χ3n) is 7.29. The summed E-state index contributed by atoms with van der Waals surface area (Å²) in [6, 6.07) is 7.07. The van der Waals surface area contributed by atoms with Crippen LogP contribution in [0.5, 0.6) is 5.75 Å². The second kappa shape index (κ2) is 9.59. The van der Waals surface area contributed by atoms with Crippen LogP contribution in [0.2, 0.25) is 5.02 Å². The molecule has 3 heterocycles. The van der Waals surface area contributed by atoms with E-state index in [9.17, 15) is 28.2 Å². The average molecular weight is 513 g/mol. The van der Waals surface area contributed by atoms with Crippen LogP contribution in [-0.4, -0.2) is 44.8 Å². The minimum atomic E-state index is -4.54. The number of carbonyl (C=O) groups is 1. The summed E-state index contributed by atoms with van der Waals surface area (Å²) in [5.41, 5.74) is 0.325. The summed E-state index contributed by atoms with van der Waals surface area (Å²) in [5.74, 6) is -1.38. The fraction of sp³-hybridized carbons (Fsp3) is 0.520. The lowest BCUT2D eigenvalue weighted by Crippen LogP contribution is -2.50. The van der Waals surface area contributed by atoms with E-state index < -0.39 is 41.5 Å². The van der Waals surface area contributed by atoms with Crippen LogP contribution in [0.1, 0.15) is 67.8 Å². The summed E-state index contributed by atoms with van der Waals surface area (Å²) >= 11 is 6.20. The number of carboxylic acids is 1. The molecular formula is C25H28ClF3N2O4. The Morgan fingerprint density at radius 3 is 2.49 bits per heavy atom. The third kappa shape index (κ3) is 5.27. The first-order chi connectivity index (χ1) is 16.4. The SMILES string of the molecule is CC(c1nc(C(F)(F)F)ccc1Cl)N1CCC2(CCc3ccc([C@H](O)[C@H](C)C(=O)O)cc3O2)CC1. The number of hydrogen-bond donors (Lipinski definition) is 2. The largest absolute Gasteiger partial charge is 0.487 e. The monoisotopic (exact) mass is 512 g/mol. The molecule has 1 saturated heterocycles. The van der Waals surface area contributed by atoms with Gasteiger partial charge in [-0.15, -0.1) is 0 Å². The second-order valence-corrected chi connectivity index (χ2v) is 9.90. The zero-order valence-electron chi connectivity index (χ0n) is 19.5. The number of ether oxygens (including phenoxy) is 1. The van der Waals surface area contributed by atoms with E-state index in [-0.39, 0.29) is 10.7 Å². The van der Waals surface area contributed by atoms with E-state index >= 15 is 0 Å². The van der Waals surface area contributed by atoms with E-state index in [0.717, 1.165) is 24.5 Å². The number of aromatic nitrogens is 1. The highest BCUT2D eigenvalue weighted by molar-refractivity contribution is 6.31. The molecular weight excluding hydrogens is 485 g/mol. The van der Waals surface area contributed by atoms with Gasteiger partial charge in [0, 0.05) is 13.1 Å². The van der Waals surface area contributed by atoms with Gasteiger partial charge in [-0.3, -0.25) is 9.69 Å². The molecule has 3 atom stereocenters. The Labute approximate surface area is 206 Å². The molecule has 0 bridgehead atoms. The number of aliphatic carboxylic acids is 1. The summed E-state index contributed by atoms with van der Waals surface area (Å²) in [6.07, 6.45) is -2.75. The molecule has 0 aliphatic carbocycles. The van der Waals surface area contributed by atoms with Gasteiger partial charge in [-0.1, -0.05) is 23.7 Å². The van der Waals surface area contributed by atoms with Crippen LogP contribution in [0, 0.1) is 5.92 Å². The van der Waals surface area contributed by atoms with Gasteiger partial charge in [-0.05, 0) is 68.9 Å². The number of likely N-dealkylation sites (tertiary alicyclic amines) is 1. The lowest BCUT2D eigenvalue weighted by molar-refractivity contribution is -0.145. The number of hydrogen-bond acceptors (Lipinski definition) is 5. The van der Waals surface area contributed by atoms with Crippen molar-refractivity contribution in [2.24, 2.45) is 5.92 Å². The van der Waals surface area contributed by atoms with Crippen molar-refractivity contribution in [3.05, 3.63) is 57.9 Å². The molecule has 2 aromatic rings. The lowest BCUT2D eigenvalue weighted by atomic mass is 9.82. The number of halogens is 4. The van der Waals surface area contributed by atoms with Crippen molar-refractivity contribution in [2.45, 2.75) is 63.5 Å². The highest BCUT2D eigenvalue weighted by Crippen LogP contribution is 2.42. The fourth-order valence-electron chi connectivity index (χ4n) is 4.88. The van der Waals surface area contributed by atoms with Crippen molar-refractivity contribution in [1.29, 1.82) is 0 Å². The van der Waals surface area contributed by atoms with Gasteiger partial charge in [0.15, 0.2) is 0 Å². The van der Waals surface area contributed by atoms with Crippen LogP contribution in [0.25, 0.3) is 0 Å². The molecule has 190 valence electrons. The maximum absolute atomic E-state index is 13.1. The minimum Gasteiger partial charge on any atom is -0.487 e. The van der Waals surface area contributed by atoms with Crippen LogP contribution < -0.4 is 4.74 Å². The smallest absolute Gasteiger partial charge is 0.433 e. The zero-order chi connectivity index (χ0) is 25.5. The molecule has 0 amide bonds. The number of alkyl halides is 3. The van der Waals surface area contributed by atoms with Crippen molar-refractivity contribution in [2.75, 3.05) is 13.1 Å². The number of pyridine rings is 1. The standard InChI is InChI=1S/C25H28ClF3N2O4/c1-14(23(33)34)22(32)17-4-3-16-7-8-24(35-19(16)13-17)9-11-31(12-10-24)15(2)21-18(26)5-6-20(30-21)25(27,28)29/h3-6,13-15,22,32H,7-12H2,1-2H3,(H,33,34)/t14-,15?,22+/m0/s1. The summed E-state index contributed by atoms with van der Waals surface area (Å²) in [6.45, 7) is 4.46. The quantitative estimate of drug-likeness (QED) is 0.556. The zero-order valence-corrected chi connectivity index (χ0v) is 20.2. The second-order valence-electron chi connectivity index (χ2n) is 9.50. The molecule has 0 saturated carbocycles. The van der Waals surface area contributed by atoms with Crippen LogP contribution in [0.3, 0.4) is 0 Å². The molecule has 4 rings (SSSR count). The summed E-state index contributed by atoms with van der Waals surface area (Å²) < 4.78 is 45.9. The van der Waals surface area contributed by atoms with E-state index in [1.165, 1.54) is 13.0 Å². The minimum absolute atomic E-state index is 0.204. The number of aliphatic hydroxyl groups excluding tert-OH is 1. The fourth-order valence-corrected chi connectivity index (χ4v) is 5.14. The number of benzene rings is 1. The number of fused-ring (bicyclic) bond motifs is 1. The number of aryl methyl sites for hydroxylation is 1. The molecule has 10 heteroatoms. The van der Waals surface area contributed by atoms with Crippen LogP contribution in [-0.2, 0) is 17.4 Å². The van der Waals surface area contributed by atoms with Gasteiger partial charge in [-0.25, -0.2) is 4.98 Å². The molecule has 2 N–H and O–H groups in total. The van der Waals surface area contributed by atoms with Crippen molar-refractivity contribution < 1.29 is 32.9 Å². The highest BCUT2D eigenvalue weighted by atomic mass is 35.5. The summed E-state index contributed by atoms with van der Waals surface area (Å²) in [7, 11) is 0. The van der Waals surface area contributed by atoms with Crippen molar-refractivity contribution in [1.82, 2.24) is 9.88 Å². The average Bonchev–Trinajstić information content (AvgIpc) is 2.82. The number of aliphatic hydroxyl groups is 1. The summed E-state index contributed by atoms with van der Waals surface area (Å²) in [5, 5.41) is 19.8. The molecule has 2 aliphatic heterocycles. The van der Waals surface area contributed by atoms with Gasteiger partial charge in [0.05, 0.1) is 28.8 Å². The Balaban J connectivity index is 1.47. The van der Waals surface area contributed by atoms with E-state index in [1.807, 2.05) is 6.07 Å². The Hall–Kier alpha value is -2.36. The highest BCUT2D eigenvalue weighted by Gasteiger charge is 2.41. The van der Waals surface area contributed by atoms with Gasteiger partial charge < -0.3 is 14.9 Å². The Morgan fingerprint density at radius 2 is 1.86 bits per heavy atom. The van der Waals surface area contributed by atoms with E-state index in [2.05, 4.69) is 9.88 Å². The number of carboxylic acid groups (broad SMARTS) is 1. The topological polar surface area (TPSA) is 82.9 Å². The summed E-state index contributed by atoms with van der Waals surface area (Å²) in [4.78, 5) is 17.1. The molecule has 1 spiro atoms. The van der Waals surface area contributed by atoms with E-state index in [1.54, 1.807) is 19.1 Å². The number of piperidine rings is 1. The predicted molar refractivity (Wildman–Crippen MR) is 123 cm³/mol. The van der Waals surface area contributed by atoms with Gasteiger partial charge in [0.1, 0.15) is 17.0 Å². The normalized spacial score (nSPS) is 20.5. The predicted octanol–water partition coefficient (Wildman–Crippen LogP) is 5.43. The van der Waals surface area contributed by atoms with Gasteiger partial charge in [-0.2, -0.15) is 13.2 Å². The molecule has 0 radical (unpaired) electrons. The van der Waals surface area contributed by atoms with Gasteiger partial charge in [0.25, 0.3) is 0 Å². The maximum Gasteiger partial charge on any atom is 0.433 e. The molecule has 35 heavy (non-hydrogen) atoms. The molecule has 6 nitrogen and oxygen atoms in total. The van der Waals surface area contributed by atoms with E-state index in [0.29, 0.717) is 37.2 Å². The molecule has 1 unspecified atom stereocenters.